The van der Waals surface area contributed by atoms with Crippen molar-refractivity contribution < 1.29 is 22.3 Å². The maximum absolute atomic E-state index is 13.4. The van der Waals surface area contributed by atoms with Gasteiger partial charge in [0, 0.05) is 5.02 Å². The SMILES string of the molecule is O=C(COc1ccc(Cl)cc1)NNS(=O)(=O)c1ccccc1F. The minimum atomic E-state index is -4.20. The number of hydrogen-bond acceptors (Lipinski definition) is 4. The van der Waals surface area contributed by atoms with E-state index in [0.717, 1.165) is 12.1 Å². The molecule has 0 fully saturated rings. The average molecular weight is 359 g/mol. The molecule has 2 N–H and O–H groups in total. The third-order valence-corrected chi connectivity index (χ3v) is 4.17. The van der Waals surface area contributed by atoms with Crippen molar-refractivity contribution in [1.29, 1.82) is 0 Å². The molecule has 0 aliphatic carbocycles. The Bertz CT molecular complexity index is 797. The van der Waals surface area contributed by atoms with Gasteiger partial charge in [0.15, 0.2) is 6.61 Å². The van der Waals surface area contributed by atoms with Crippen LogP contribution in [0.25, 0.3) is 0 Å². The fraction of sp³-hybridized carbons (Fsp3) is 0.0714. The molecule has 0 atom stereocenters. The number of amides is 1. The molecule has 23 heavy (non-hydrogen) atoms. The predicted molar refractivity (Wildman–Crippen MR) is 81.8 cm³/mol. The van der Waals surface area contributed by atoms with E-state index in [9.17, 15) is 17.6 Å². The summed E-state index contributed by atoms with van der Waals surface area (Å²) in [5.74, 6) is -1.28. The van der Waals surface area contributed by atoms with Crippen molar-refractivity contribution in [1.82, 2.24) is 10.3 Å². The lowest BCUT2D eigenvalue weighted by molar-refractivity contribution is -0.123. The molecule has 0 aromatic heterocycles. The van der Waals surface area contributed by atoms with Crippen molar-refractivity contribution in [2.75, 3.05) is 6.61 Å². The third-order valence-electron chi connectivity index (χ3n) is 2.63. The van der Waals surface area contributed by atoms with E-state index in [-0.39, 0.29) is 0 Å². The molecule has 2 aromatic rings. The molecule has 2 aromatic carbocycles. The van der Waals surface area contributed by atoms with Crippen LogP contribution in [-0.4, -0.2) is 20.9 Å². The molecular formula is C14H12ClFN2O4S. The molecule has 2 rings (SSSR count). The lowest BCUT2D eigenvalue weighted by Crippen LogP contribution is -2.43. The van der Waals surface area contributed by atoms with Gasteiger partial charge in [0.2, 0.25) is 0 Å². The zero-order valence-electron chi connectivity index (χ0n) is 11.6. The van der Waals surface area contributed by atoms with Gasteiger partial charge >= 0.3 is 0 Å². The number of ether oxygens (including phenoxy) is 1. The molecule has 9 heteroatoms. The second kappa shape index (κ2) is 7.40. The molecule has 0 radical (unpaired) electrons. The van der Waals surface area contributed by atoms with Crippen LogP contribution < -0.4 is 15.0 Å². The smallest absolute Gasteiger partial charge is 0.272 e. The van der Waals surface area contributed by atoms with Gasteiger partial charge in [-0.3, -0.25) is 10.2 Å². The maximum Gasteiger partial charge on any atom is 0.272 e. The normalized spacial score (nSPS) is 11.0. The number of nitrogens with one attached hydrogen (secondary N) is 2. The maximum atomic E-state index is 13.4. The molecule has 6 nitrogen and oxygen atoms in total. The Labute approximate surface area is 137 Å². The molecule has 0 heterocycles. The highest BCUT2D eigenvalue weighted by Gasteiger charge is 2.19. The highest BCUT2D eigenvalue weighted by atomic mass is 35.5. The van der Waals surface area contributed by atoms with E-state index in [1.165, 1.54) is 12.1 Å². The molecule has 0 spiro atoms. The van der Waals surface area contributed by atoms with Crippen molar-refractivity contribution >= 4 is 27.5 Å². The van der Waals surface area contributed by atoms with Crippen molar-refractivity contribution in [3.8, 4) is 5.75 Å². The Balaban J connectivity index is 1.89. The molecule has 0 aliphatic rings. The zero-order chi connectivity index (χ0) is 16.9. The Hall–Kier alpha value is -2.16. The van der Waals surface area contributed by atoms with Gasteiger partial charge in [0.1, 0.15) is 16.5 Å². The highest BCUT2D eigenvalue weighted by molar-refractivity contribution is 7.89. The van der Waals surface area contributed by atoms with Gasteiger partial charge in [-0.25, -0.2) is 12.8 Å². The van der Waals surface area contributed by atoms with Gasteiger partial charge in [0.05, 0.1) is 0 Å². The van der Waals surface area contributed by atoms with Gasteiger partial charge in [-0.15, -0.1) is 4.83 Å². The van der Waals surface area contributed by atoms with Gasteiger partial charge in [-0.1, -0.05) is 23.7 Å². The van der Waals surface area contributed by atoms with Crippen LogP contribution in [0.4, 0.5) is 4.39 Å². The Kier molecular flexibility index (Phi) is 5.54. The Morgan fingerprint density at radius 3 is 2.43 bits per heavy atom. The Morgan fingerprint density at radius 1 is 1.13 bits per heavy atom. The third kappa shape index (κ3) is 4.92. The van der Waals surface area contributed by atoms with Crippen molar-refractivity contribution in [3.63, 3.8) is 0 Å². The van der Waals surface area contributed by atoms with Crippen molar-refractivity contribution in [3.05, 3.63) is 59.4 Å². The fourth-order valence-electron chi connectivity index (χ4n) is 1.56. The highest BCUT2D eigenvalue weighted by Crippen LogP contribution is 2.15. The topological polar surface area (TPSA) is 84.5 Å². The summed E-state index contributed by atoms with van der Waals surface area (Å²) in [6, 6.07) is 11.1. The number of benzene rings is 2. The summed E-state index contributed by atoms with van der Waals surface area (Å²) in [4.78, 5) is 12.8. The summed E-state index contributed by atoms with van der Waals surface area (Å²) >= 11 is 5.70. The molecule has 1 amide bonds. The molecular weight excluding hydrogens is 347 g/mol. The number of carbonyl (C=O) groups excluding carboxylic acids is 1. The van der Waals surface area contributed by atoms with Gasteiger partial charge in [0.25, 0.3) is 15.9 Å². The van der Waals surface area contributed by atoms with E-state index in [0.29, 0.717) is 10.8 Å². The van der Waals surface area contributed by atoms with E-state index >= 15 is 0 Å². The van der Waals surface area contributed by atoms with Crippen molar-refractivity contribution in [2.24, 2.45) is 0 Å². The van der Waals surface area contributed by atoms with Crippen LogP contribution in [0.2, 0.25) is 5.02 Å². The molecule has 0 saturated carbocycles. The zero-order valence-corrected chi connectivity index (χ0v) is 13.2. The van der Waals surface area contributed by atoms with E-state index in [4.69, 9.17) is 16.3 Å². The van der Waals surface area contributed by atoms with Crippen molar-refractivity contribution in [2.45, 2.75) is 4.90 Å². The largest absolute Gasteiger partial charge is 0.484 e. The number of sulfonamides is 1. The first-order valence-electron chi connectivity index (χ1n) is 6.32. The second-order valence-electron chi connectivity index (χ2n) is 4.33. The minimum absolute atomic E-state index is 0.390. The van der Waals surface area contributed by atoms with E-state index in [2.05, 4.69) is 0 Å². The van der Waals surface area contributed by atoms with Crippen LogP contribution in [0.1, 0.15) is 0 Å². The number of hydrogen-bond donors (Lipinski definition) is 2. The lowest BCUT2D eigenvalue weighted by atomic mass is 10.3. The molecule has 0 aliphatic heterocycles. The minimum Gasteiger partial charge on any atom is -0.484 e. The Morgan fingerprint density at radius 2 is 1.78 bits per heavy atom. The number of carbonyl (C=O) groups is 1. The predicted octanol–water partition coefficient (Wildman–Crippen LogP) is 1.87. The van der Waals surface area contributed by atoms with Gasteiger partial charge in [-0.2, -0.15) is 0 Å². The number of halogens is 2. The first-order valence-corrected chi connectivity index (χ1v) is 8.18. The molecule has 0 saturated heterocycles. The van der Waals surface area contributed by atoms with Crippen LogP contribution in [0.3, 0.4) is 0 Å². The summed E-state index contributed by atoms with van der Waals surface area (Å²) in [5, 5.41) is 0.513. The molecule has 122 valence electrons. The number of rotatable bonds is 6. The van der Waals surface area contributed by atoms with Crippen LogP contribution >= 0.6 is 11.6 Å². The second-order valence-corrected chi connectivity index (χ2v) is 6.41. The van der Waals surface area contributed by atoms with Crippen LogP contribution in [0.5, 0.6) is 5.75 Å². The summed E-state index contributed by atoms with van der Waals surface area (Å²) in [7, 11) is -4.20. The summed E-state index contributed by atoms with van der Waals surface area (Å²) < 4.78 is 42.3. The first kappa shape index (κ1) is 17.2. The standard InChI is InChI=1S/C14H12ClFN2O4S/c15-10-5-7-11(8-6-10)22-9-14(19)17-18-23(20,21)13-4-2-1-3-12(13)16/h1-8,18H,9H2,(H,17,19). The molecule has 0 unspecified atom stereocenters. The average Bonchev–Trinajstić information content (AvgIpc) is 2.53. The van der Waals surface area contributed by atoms with Crippen LogP contribution in [0.15, 0.2) is 53.4 Å². The summed E-state index contributed by atoms with van der Waals surface area (Å²) in [5.41, 5.74) is 1.94. The fourth-order valence-corrected chi connectivity index (χ4v) is 2.62. The monoisotopic (exact) mass is 358 g/mol. The van der Waals surface area contributed by atoms with E-state index in [1.54, 1.807) is 29.1 Å². The first-order chi connectivity index (χ1) is 10.9. The lowest BCUT2D eigenvalue weighted by Gasteiger charge is -2.10. The van der Waals surface area contributed by atoms with Crippen LogP contribution in [0, 0.1) is 5.82 Å². The van der Waals surface area contributed by atoms with Gasteiger partial charge in [-0.05, 0) is 36.4 Å². The van der Waals surface area contributed by atoms with Crippen LogP contribution in [-0.2, 0) is 14.8 Å². The van der Waals surface area contributed by atoms with Gasteiger partial charge < -0.3 is 4.74 Å². The summed E-state index contributed by atoms with van der Waals surface area (Å²) in [6.07, 6.45) is 0. The molecule has 0 bridgehead atoms. The summed E-state index contributed by atoms with van der Waals surface area (Å²) in [6.45, 7) is -0.429. The quantitative estimate of drug-likeness (QED) is 0.772. The van der Waals surface area contributed by atoms with E-state index < -0.39 is 33.3 Å². The van der Waals surface area contributed by atoms with E-state index in [1.807, 2.05) is 5.43 Å². The number of hydrazine groups is 1.